The van der Waals surface area contributed by atoms with Gasteiger partial charge in [0.1, 0.15) is 6.04 Å². The number of halogens is 1. The van der Waals surface area contributed by atoms with Crippen LogP contribution in [0.1, 0.15) is 36.4 Å². The largest absolute Gasteiger partial charge is 0.493 e. The normalized spacial score (nSPS) is 18.3. The first-order valence-electron chi connectivity index (χ1n) is 9.91. The number of fused-ring (bicyclic) bond motifs is 1. The highest BCUT2D eigenvalue weighted by molar-refractivity contribution is 9.10. The Labute approximate surface area is 188 Å². The molecule has 0 spiro atoms. The van der Waals surface area contributed by atoms with Crippen LogP contribution in [0.5, 0.6) is 11.5 Å². The lowest BCUT2D eigenvalue weighted by Gasteiger charge is -2.40. The summed E-state index contributed by atoms with van der Waals surface area (Å²) in [6.07, 6.45) is 2.56. The molecule has 0 aliphatic carbocycles. The minimum Gasteiger partial charge on any atom is -0.493 e. The van der Waals surface area contributed by atoms with Gasteiger partial charge in [0, 0.05) is 9.17 Å². The van der Waals surface area contributed by atoms with Gasteiger partial charge in [0.05, 0.1) is 20.3 Å². The smallest absolute Gasteiger partial charge is 0.320 e. The number of piperidine rings is 1. The first-order chi connectivity index (χ1) is 14.5. The summed E-state index contributed by atoms with van der Waals surface area (Å²) in [5, 5.41) is 13.3. The first kappa shape index (κ1) is 21.2. The monoisotopic (exact) mass is 489 g/mol. The number of carboxylic acid groups (broad SMARTS) is 1. The average Bonchev–Trinajstić information content (AvgIpc) is 3.19. The number of likely N-dealkylation sites (tertiary alicyclic amines) is 1. The zero-order valence-electron chi connectivity index (χ0n) is 16.9. The van der Waals surface area contributed by atoms with Gasteiger partial charge in [0.2, 0.25) is 0 Å². The lowest BCUT2D eigenvalue weighted by atomic mass is 9.91. The number of methoxy groups -OCH3 is 2. The molecule has 1 aliphatic rings. The van der Waals surface area contributed by atoms with E-state index in [1.165, 1.54) is 4.70 Å². The second-order valence-electron chi connectivity index (χ2n) is 7.41. The maximum Gasteiger partial charge on any atom is 0.320 e. The van der Waals surface area contributed by atoms with Crippen molar-refractivity contribution in [2.24, 2.45) is 0 Å². The number of ether oxygens (including phenoxy) is 2. The van der Waals surface area contributed by atoms with Gasteiger partial charge in [-0.05, 0) is 59.5 Å². The van der Waals surface area contributed by atoms with Crippen molar-refractivity contribution in [3.63, 3.8) is 0 Å². The number of carboxylic acids is 1. The average molecular weight is 490 g/mol. The number of carbonyl (C=O) groups is 1. The van der Waals surface area contributed by atoms with Crippen LogP contribution < -0.4 is 9.47 Å². The molecular formula is C23H24BrNO4S. The molecule has 0 amide bonds. The SMILES string of the molecule is COc1cc(Br)c(C(c2csc3ccccc23)N2CCCCC2C(=O)O)cc1OC. The molecule has 1 fully saturated rings. The number of hydrogen-bond donors (Lipinski definition) is 1. The summed E-state index contributed by atoms with van der Waals surface area (Å²) < 4.78 is 13.1. The number of nitrogens with zero attached hydrogens (tertiary/aromatic N) is 1. The van der Waals surface area contributed by atoms with Crippen LogP contribution in [0.3, 0.4) is 0 Å². The highest BCUT2D eigenvalue weighted by atomic mass is 79.9. The van der Waals surface area contributed by atoms with E-state index in [1.54, 1.807) is 25.6 Å². The van der Waals surface area contributed by atoms with Crippen LogP contribution in [0.25, 0.3) is 10.1 Å². The van der Waals surface area contributed by atoms with E-state index in [9.17, 15) is 9.90 Å². The fourth-order valence-electron chi connectivity index (χ4n) is 4.34. The molecule has 4 rings (SSSR count). The Morgan fingerprint density at radius 2 is 1.90 bits per heavy atom. The Balaban J connectivity index is 1.94. The second kappa shape index (κ2) is 8.96. The van der Waals surface area contributed by atoms with E-state index in [1.807, 2.05) is 24.3 Å². The van der Waals surface area contributed by atoms with E-state index >= 15 is 0 Å². The summed E-state index contributed by atoms with van der Waals surface area (Å²) in [6, 6.07) is 11.4. The van der Waals surface area contributed by atoms with Gasteiger partial charge in [-0.3, -0.25) is 9.69 Å². The molecular weight excluding hydrogens is 466 g/mol. The van der Waals surface area contributed by atoms with Crippen molar-refractivity contribution in [1.29, 1.82) is 0 Å². The molecule has 1 saturated heterocycles. The van der Waals surface area contributed by atoms with Crippen LogP contribution >= 0.6 is 27.3 Å². The summed E-state index contributed by atoms with van der Waals surface area (Å²) in [5.74, 6) is 0.496. The van der Waals surface area contributed by atoms with E-state index in [4.69, 9.17) is 9.47 Å². The van der Waals surface area contributed by atoms with Gasteiger partial charge in [-0.2, -0.15) is 0 Å². The van der Waals surface area contributed by atoms with Crippen LogP contribution in [-0.4, -0.2) is 42.8 Å². The third kappa shape index (κ3) is 3.82. The fourth-order valence-corrected chi connectivity index (χ4v) is 5.86. The maximum atomic E-state index is 12.1. The van der Waals surface area contributed by atoms with Gasteiger partial charge in [-0.15, -0.1) is 11.3 Å². The molecule has 2 heterocycles. The number of benzene rings is 2. The molecule has 0 saturated carbocycles. The number of thiophene rings is 1. The third-order valence-corrected chi connectivity index (χ3v) is 7.43. The van der Waals surface area contributed by atoms with Crippen molar-refractivity contribution in [1.82, 2.24) is 4.90 Å². The van der Waals surface area contributed by atoms with Gasteiger partial charge < -0.3 is 14.6 Å². The predicted molar refractivity (Wildman–Crippen MR) is 123 cm³/mol. The van der Waals surface area contributed by atoms with Crippen molar-refractivity contribution >= 4 is 43.3 Å². The molecule has 2 unspecified atom stereocenters. The number of rotatable bonds is 6. The van der Waals surface area contributed by atoms with Crippen LogP contribution in [0.4, 0.5) is 0 Å². The van der Waals surface area contributed by atoms with Crippen molar-refractivity contribution in [2.45, 2.75) is 31.3 Å². The Bertz CT molecular complexity index is 1070. The summed E-state index contributed by atoms with van der Waals surface area (Å²) in [7, 11) is 3.23. The van der Waals surface area contributed by atoms with Crippen LogP contribution in [0, 0.1) is 0 Å². The zero-order chi connectivity index (χ0) is 21.3. The molecule has 3 aromatic rings. The molecule has 7 heteroatoms. The Kier molecular flexibility index (Phi) is 6.32. The Hall–Kier alpha value is -2.09. The van der Waals surface area contributed by atoms with E-state index in [-0.39, 0.29) is 6.04 Å². The Morgan fingerprint density at radius 3 is 2.63 bits per heavy atom. The summed E-state index contributed by atoms with van der Waals surface area (Å²) in [6.45, 7) is 0.729. The summed E-state index contributed by atoms with van der Waals surface area (Å²) in [5.41, 5.74) is 2.10. The summed E-state index contributed by atoms with van der Waals surface area (Å²) in [4.78, 5) is 14.3. The van der Waals surface area contributed by atoms with E-state index in [2.05, 4.69) is 38.3 Å². The first-order valence-corrected chi connectivity index (χ1v) is 11.6. The highest BCUT2D eigenvalue weighted by Crippen LogP contribution is 2.45. The predicted octanol–water partition coefficient (Wildman–Crippen LogP) is 5.71. The minimum absolute atomic E-state index is 0.211. The molecule has 5 nitrogen and oxygen atoms in total. The lowest BCUT2D eigenvalue weighted by molar-refractivity contribution is -0.145. The maximum absolute atomic E-state index is 12.1. The highest BCUT2D eigenvalue weighted by Gasteiger charge is 2.37. The van der Waals surface area contributed by atoms with Crippen molar-refractivity contribution in [3.8, 4) is 11.5 Å². The topological polar surface area (TPSA) is 59.0 Å². The van der Waals surface area contributed by atoms with Gasteiger partial charge in [-0.1, -0.05) is 40.5 Å². The van der Waals surface area contributed by atoms with Crippen molar-refractivity contribution in [2.75, 3.05) is 20.8 Å². The fraction of sp³-hybridized carbons (Fsp3) is 0.348. The van der Waals surface area contributed by atoms with E-state index < -0.39 is 12.0 Å². The quantitative estimate of drug-likeness (QED) is 0.480. The molecule has 30 heavy (non-hydrogen) atoms. The molecule has 0 bridgehead atoms. The molecule has 2 atom stereocenters. The lowest BCUT2D eigenvalue weighted by Crippen LogP contribution is -2.46. The summed E-state index contributed by atoms with van der Waals surface area (Å²) >= 11 is 5.41. The standard InChI is InChI=1S/C23H24BrNO4S/c1-28-19-11-15(17(24)12-20(19)29-2)22(25-10-6-5-8-18(25)23(26)27)16-13-30-21-9-4-3-7-14(16)21/h3-4,7,9,11-13,18,22H,5-6,8,10H2,1-2H3,(H,26,27). The van der Waals surface area contributed by atoms with Crippen LogP contribution in [-0.2, 0) is 4.79 Å². The van der Waals surface area contributed by atoms with Crippen molar-refractivity contribution in [3.05, 3.63) is 57.4 Å². The van der Waals surface area contributed by atoms with Gasteiger partial charge in [-0.25, -0.2) is 0 Å². The van der Waals surface area contributed by atoms with E-state index in [0.717, 1.165) is 40.4 Å². The molecule has 1 N–H and O–H groups in total. The molecule has 2 aromatic carbocycles. The van der Waals surface area contributed by atoms with Gasteiger partial charge in [0.15, 0.2) is 11.5 Å². The van der Waals surface area contributed by atoms with Crippen LogP contribution in [0.15, 0.2) is 46.3 Å². The Morgan fingerprint density at radius 1 is 1.17 bits per heavy atom. The van der Waals surface area contributed by atoms with Crippen molar-refractivity contribution < 1.29 is 19.4 Å². The minimum atomic E-state index is -0.768. The van der Waals surface area contributed by atoms with Gasteiger partial charge in [0.25, 0.3) is 0 Å². The number of aliphatic carboxylic acids is 1. The molecule has 1 aliphatic heterocycles. The zero-order valence-corrected chi connectivity index (χ0v) is 19.3. The number of hydrogen-bond acceptors (Lipinski definition) is 5. The third-order valence-electron chi connectivity index (χ3n) is 5.76. The van der Waals surface area contributed by atoms with Gasteiger partial charge >= 0.3 is 5.97 Å². The molecule has 158 valence electrons. The van der Waals surface area contributed by atoms with Crippen LogP contribution in [0.2, 0.25) is 0 Å². The van der Waals surface area contributed by atoms with E-state index in [0.29, 0.717) is 17.9 Å². The molecule has 1 aromatic heterocycles. The second-order valence-corrected chi connectivity index (χ2v) is 9.17. The molecule has 0 radical (unpaired) electrons.